The molecule has 0 fully saturated rings. The highest BCUT2D eigenvalue weighted by molar-refractivity contribution is 9.10. The maximum Gasteiger partial charge on any atom is 0.225 e. The number of hydrogen-bond acceptors (Lipinski definition) is 4. The van der Waals surface area contributed by atoms with E-state index in [2.05, 4.69) is 26.2 Å². The Morgan fingerprint density at radius 2 is 2.29 bits per heavy atom. The predicted molar refractivity (Wildman–Crippen MR) is 92.3 cm³/mol. The molecular weight excluding hydrogens is 374 g/mol. The number of carbonyl (C=O) groups excluding carboxylic acids is 1. The molecule has 0 saturated carbocycles. The molecule has 112 valence electrons. The summed E-state index contributed by atoms with van der Waals surface area (Å²) in [5, 5.41) is 6.63. The minimum atomic E-state index is 0.00365. The standard InChI is InChI=1S/C14H15BrClN3OS/c1-3-19(9(2)20)14-18-11(8-21-14)7-17-13-6-10(16)4-5-12(13)15/h4-6,8,17H,3,7H2,1-2H3. The Labute approximate surface area is 141 Å². The molecule has 2 rings (SSSR count). The molecule has 1 aromatic heterocycles. The Morgan fingerprint density at radius 3 is 2.95 bits per heavy atom. The number of halogens is 2. The van der Waals surface area contributed by atoms with Crippen LogP contribution in [0.3, 0.4) is 0 Å². The molecule has 21 heavy (non-hydrogen) atoms. The minimum absolute atomic E-state index is 0.00365. The zero-order chi connectivity index (χ0) is 15.4. The molecule has 7 heteroatoms. The molecule has 0 atom stereocenters. The van der Waals surface area contributed by atoms with E-state index in [1.54, 1.807) is 11.8 Å². The zero-order valence-corrected chi connectivity index (χ0v) is 14.8. The summed E-state index contributed by atoms with van der Waals surface area (Å²) >= 11 is 10.9. The van der Waals surface area contributed by atoms with Crippen LogP contribution in [0.2, 0.25) is 5.02 Å². The Bertz CT molecular complexity index is 647. The number of benzene rings is 1. The average molecular weight is 389 g/mol. The highest BCUT2D eigenvalue weighted by Gasteiger charge is 2.13. The van der Waals surface area contributed by atoms with Crippen molar-refractivity contribution in [1.29, 1.82) is 0 Å². The first kappa shape index (κ1) is 16.3. The van der Waals surface area contributed by atoms with Crippen molar-refractivity contribution >= 4 is 55.6 Å². The number of nitrogens with zero attached hydrogens (tertiary/aromatic N) is 2. The molecule has 0 aliphatic rings. The van der Waals surface area contributed by atoms with E-state index in [0.717, 1.165) is 21.0 Å². The van der Waals surface area contributed by atoms with Crippen molar-refractivity contribution in [2.45, 2.75) is 20.4 Å². The van der Waals surface area contributed by atoms with Crippen LogP contribution < -0.4 is 10.2 Å². The molecule has 2 aromatic rings. The molecule has 1 heterocycles. The third kappa shape index (κ3) is 4.18. The second-order valence-corrected chi connectivity index (χ2v) is 6.49. The van der Waals surface area contributed by atoms with Gasteiger partial charge in [0.1, 0.15) is 0 Å². The maximum absolute atomic E-state index is 11.5. The van der Waals surface area contributed by atoms with Gasteiger partial charge in [-0.05, 0) is 41.1 Å². The van der Waals surface area contributed by atoms with Gasteiger partial charge >= 0.3 is 0 Å². The second kappa shape index (κ2) is 7.24. The highest BCUT2D eigenvalue weighted by atomic mass is 79.9. The molecule has 1 N–H and O–H groups in total. The lowest BCUT2D eigenvalue weighted by Gasteiger charge is -2.14. The fourth-order valence-electron chi connectivity index (χ4n) is 1.81. The van der Waals surface area contributed by atoms with E-state index < -0.39 is 0 Å². The van der Waals surface area contributed by atoms with Gasteiger partial charge in [0.15, 0.2) is 5.13 Å². The summed E-state index contributed by atoms with van der Waals surface area (Å²) in [4.78, 5) is 17.6. The van der Waals surface area contributed by atoms with Crippen molar-refractivity contribution in [3.63, 3.8) is 0 Å². The highest BCUT2D eigenvalue weighted by Crippen LogP contribution is 2.27. The molecule has 0 aliphatic carbocycles. The van der Waals surface area contributed by atoms with Gasteiger partial charge in [-0.2, -0.15) is 0 Å². The van der Waals surface area contributed by atoms with Gasteiger partial charge in [-0.1, -0.05) is 11.6 Å². The van der Waals surface area contributed by atoms with Gasteiger partial charge in [0.05, 0.1) is 17.9 Å². The van der Waals surface area contributed by atoms with E-state index in [0.29, 0.717) is 18.1 Å². The summed E-state index contributed by atoms with van der Waals surface area (Å²) < 4.78 is 0.946. The normalized spacial score (nSPS) is 10.5. The second-order valence-electron chi connectivity index (χ2n) is 4.36. The number of aromatic nitrogens is 1. The summed E-state index contributed by atoms with van der Waals surface area (Å²) in [5.74, 6) is 0.00365. The zero-order valence-electron chi connectivity index (χ0n) is 11.7. The molecule has 0 spiro atoms. The lowest BCUT2D eigenvalue weighted by atomic mass is 10.3. The van der Waals surface area contributed by atoms with E-state index in [9.17, 15) is 4.79 Å². The summed E-state index contributed by atoms with van der Waals surface area (Å²) in [5.41, 5.74) is 1.80. The van der Waals surface area contributed by atoms with Crippen molar-refractivity contribution in [3.05, 3.63) is 38.8 Å². The molecule has 0 aliphatic heterocycles. The van der Waals surface area contributed by atoms with Crippen LogP contribution in [0.1, 0.15) is 19.5 Å². The molecule has 1 amide bonds. The minimum Gasteiger partial charge on any atom is -0.378 e. The van der Waals surface area contributed by atoms with Gasteiger partial charge in [0.2, 0.25) is 5.91 Å². The van der Waals surface area contributed by atoms with Crippen LogP contribution in [0, 0.1) is 0 Å². The van der Waals surface area contributed by atoms with E-state index in [-0.39, 0.29) is 5.91 Å². The first-order chi connectivity index (χ1) is 10.0. The number of carbonyl (C=O) groups is 1. The Hall–Kier alpha value is -1.11. The molecule has 0 saturated heterocycles. The maximum atomic E-state index is 11.5. The summed E-state index contributed by atoms with van der Waals surface area (Å²) in [7, 11) is 0. The number of nitrogens with one attached hydrogen (secondary N) is 1. The molecule has 1 aromatic carbocycles. The number of rotatable bonds is 5. The van der Waals surface area contributed by atoms with Crippen LogP contribution in [0.4, 0.5) is 10.8 Å². The van der Waals surface area contributed by atoms with Crippen molar-refractivity contribution in [2.24, 2.45) is 0 Å². The van der Waals surface area contributed by atoms with Gasteiger partial charge in [-0.3, -0.25) is 9.69 Å². The fourth-order valence-corrected chi connectivity index (χ4v) is 3.30. The molecule has 0 bridgehead atoms. The molecular formula is C14H15BrClN3OS. The van der Waals surface area contributed by atoms with Crippen LogP contribution in [-0.2, 0) is 11.3 Å². The van der Waals surface area contributed by atoms with Gasteiger partial charge in [-0.25, -0.2) is 4.98 Å². The first-order valence-corrected chi connectivity index (χ1v) is 8.47. The van der Waals surface area contributed by atoms with Crippen molar-refractivity contribution < 1.29 is 4.79 Å². The van der Waals surface area contributed by atoms with Crippen LogP contribution >= 0.6 is 38.9 Å². The van der Waals surface area contributed by atoms with Gasteiger partial charge < -0.3 is 5.32 Å². The lowest BCUT2D eigenvalue weighted by Crippen LogP contribution is -2.27. The van der Waals surface area contributed by atoms with E-state index in [1.807, 2.05) is 30.5 Å². The van der Waals surface area contributed by atoms with E-state index in [1.165, 1.54) is 11.3 Å². The van der Waals surface area contributed by atoms with Crippen LogP contribution in [0.5, 0.6) is 0 Å². The summed E-state index contributed by atoms with van der Waals surface area (Å²) in [6.07, 6.45) is 0. The third-order valence-corrected chi connectivity index (χ3v) is 4.69. The van der Waals surface area contributed by atoms with Crippen LogP contribution in [-0.4, -0.2) is 17.4 Å². The Balaban J connectivity index is 2.06. The van der Waals surface area contributed by atoms with Gasteiger partial charge in [-0.15, -0.1) is 11.3 Å². The van der Waals surface area contributed by atoms with E-state index in [4.69, 9.17) is 11.6 Å². The Kier molecular flexibility index (Phi) is 5.61. The first-order valence-electron chi connectivity index (χ1n) is 6.42. The number of hydrogen-bond donors (Lipinski definition) is 1. The van der Waals surface area contributed by atoms with Crippen LogP contribution in [0.25, 0.3) is 0 Å². The molecule has 4 nitrogen and oxygen atoms in total. The quantitative estimate of drug-likeness (QED) is 0.817. The number of amides is 1. The summed E-state index contributed by atoms with van der Waals surface area (Å²) in [6.45, 7) is 4.68. The number of anilines is 2. The SMILES string of the molecule is CCN(C(C)=O)c1nc(CNc2cc(Cl)ccc2Br)cs1. The largest absolute Gasteiger partial charge is 0.378 e. The topological polar surface area (TPSA) is 45.2 Å². The van der Waals surface area contributed by atoms with Gasteiger partial charge in [0.25, 0.3) is 0 Å². The van der Waals surface area contributed by atoms with E-state index >= 15 is 0 Å². The van der Waals surface area contributed by atoms with Crippen molar-refractivity contribution in [1.82, 2.24) is 4.98 Å². The smallest absolute Gasteiger partial charge is 0.225 e. The Morgan fingerprint density at radius 1 is 1.52 bits per heavy atom. The average Bonchev–Trinajstić information content (AvgIpc) is 2.89. The van der Waals surface area contributed by atoms with Crippen molar-refractivity contribution in [2.75, 3.05) is 16.8 Å². The monoisotopic (exact) mass is 387 g/mol. The predicted octanol–water partition coefficient (Wildman–Crippen LogP) is 4.54. The number of thiazole rings is 1. The van der Waals surface area contributed by atoms with Crippen LogP contribution in [0.15, 0.2) is 28.1 Å². The van der Waals surface area contributed by atoms with Crippen molar-refractivity contribution in [3.8, 4) is 0 Å². The molecule has 0 radical (unpaired) electrons. The third-order valence-electron chi connectivity index (χ3n) is 2.86. The molecule has 0 unspecified atom stereocenters. The van der Waals surface area contributed by atoms with Gasteiger partial charge in [0, 0.05) is 28.3 Å². The summed E-state index contributed by atoms with van der Waals surface area (Å²) in [6, 6.07) is 5.57. The fraction of sp³-hybridized carbons (Fsp3) is 0.286. The lowest BCUT2D eigenvalue weighted by molar-refractivity contribution is -0.116.